The van der Waals surface area contributed by atoms with E-state index in [-0.39, 0.29) is 16.6 Å². The van der Waals surface area contributed by atoms with Crippen LogP contribution in [-0.4, -0.2) is 30.7 Å². The van der Waals surface area contributed by atoms with Crippen LogP contribution < -0.4 is 20.2 Å². The smallest absolute Gasteiger partial charge is 0.191 e. The summed E-state index contributed by atoms with van der Waals surface area (Å²) >= 11 is 5.25. The fourth-order valence-electron chi connectivity index (χ4n) is 2.59. The second kappa shape index (κ2) is 10.7. The van der Waals surface area contributed by atoms with Gasteiger partial charge in [0.2, 0.25) is 0 Å². The lowest BCUT2D eigenvalue weighted by atomic mass is 10.2. The number of anilines is 1. The molecular formula is C22H21N5O3S. The van der Waals surface area contributed by atoms with Crippen molar-refractivity contribution in [2.75, 3.05) is 19.5 Å². The summed E-state index contributed by atoms with van der Waals surface area (Å²) in [5.74, 6) is 0.825. The van der Waals surface area contributed by atoms with Crippen LogP contribution in [0.5, 0.6) is 17.2 Å². The predicted molar refractivity (Wildman–Crippen MR) is 125 cm³/mol. The molecule has 3 N–H and O–H groups in total. The van der Waals surface area contributed by atoms with Crippen molar-refractivity contribution in [1.82, 2.24) is 5.43 Å². The van der Waals surface area contributed by atoms with Gasteiger partial charge in [-0.15, -0.1) is 0 Å². The first-order valence-electron chi connectivity index (χ1n) is 9.21. The molecule has 0 aliphatic carbocycles. The summed E-state index contributed by atoms with van der Waals surface area (Å²) < 4.78 is 10.5. The van der Waals surface area contributed by atoms with Gasteiger partial charge in [-0.05, 0) is 42.5 Å². The van der Waals surface area contributed by atoms with Gasteiger partial charge in [-0.3, -0.25) is 5.43 Å². The average Bonchev–Trinajstić information content (AvgIpc) is 2.80. The van der Waals surface area contributed by atoms with Gasteiger partial charge in [0.15, 0.2) is 16.6 Å². The Hall–Kier alpha value is -3.98. The van der Waals surface area contributed by atoms with Crippen molar-refractivity contribution in [2.24, 2.45) is 15.3 Å². The highest BCUT2D eigenvalue weighted by Crippen LogP contribution is 2.34. The Labute approximate surface area is 185 Å². The van der Waals surface area contributed by atoms with Crippen molar-refractivity contribution in [3.8, 4) is 17.2 Å². The van der Waals surface area contributed by atoms with E-state index in [2.05, 4.69) is 26.1 Å². The van der Waals surface area contributed by atoms with Crippen LogP contribution in [0.4, 0.5) is 17.1 Å². The van der Waals surface area contributed by atoms with Crippen molar-refractivity contribution in [3.05, 3.63) is 72.3 Å². The Kier molecular flexibility index (Phi) is 7.50. The molecule has 0 amide bonds. The fourth-order valence-corrected chi connectivity index (χ4v) is 2.76. The molecule has 8 nitrogen and oxygen atoms in total. The molecule has 0 fully saturated rings. The Morgan fingerprint density at radius 3 is 2.32 bits per heavy atom. The van der Waals surface area contributed by atoms with Crippen LogP contribution >= 0.6 is 12.2 Å². The first-order chi connectivity index (χ1) is 15.1. The largest absolute Gasteiger partial charge is 0.504 e. The summed E-state index contributed by atoms with van der Waals surface area (Å²) in [4.78, 5) is 0. The minimum absolute atomic E-state index is 0.0738. The first-order valence-corrected chi connectivity index (χ1v) is 9.62. The number of methoxy groups -OCH3 is 2. The molecule has 158 valence electrons. The fraction of sp³-hybridized carbons (Fsp3) is 0.0909. The summed E-state index contributed by atoms with van der Waals surface area (Å²) in [6, 6.07) is 19.9. The second-order valence-corrected chi connectivity index (χ2v) is 6.55. The van der Waals surface area contributed by atoms with E-state index in [1.807, 2.05) is 54.6 Å². The molecule has 0 bridgehead atoms. The van der Waals surface area contributed by atoms with E-state index in [0.717, 1.165) is 0 Å². The number of phenolic OH excluding ortho intramolecular Hbond substituents is 1. The first kappa shape index (κ1) is 21.7. The summed E-state index contributed by atoms with van der Waals surface area (Å²) in [5.41, 5.74) is 4.99. The van der Waals surface area contributed by atoms with Crippen LogP contribution in [0.15, 0.2) is 82.1 Å². The molecule has 3 rings (SSSR count). The number of azo groups is 1. The van der Waals surface area contributed by atoms with Gasteiger partial charge in [0.1, 0.15) is 5.75 Å². The van der Waals surface area contributed by atoms with Crippen molar-refractivity contribution in [2.45, 2.75) is 0 Å². The predicted octanol–water partition coefficient (Wildman–Crippen LogP) is 5.15. The molecule has 0 spiro atoms. The van der Waals surface area contributed by atoms with Gasteiger partial charge in [-0.25, -0.2) is 0 Å². The number of aromatic hydroxyl groups is 1. The van der Waals surface area contributed by atoms with Gasteiger partial charge in [0, 0.05) is 11.6 Å². The minimum atomic E-state index is -0.0738. The van der Waals surface area contributed by atoms with E-state index < -0.39 is 0 Å². The van der Waals surface area contributed by atoms with Crippen LogP contribution in [-0.2, 0) is 0 Å². The molecule has 0 atom stereocenters. The molecule has 9 heteroatoms. The number of rotatable bonds is 7. The number of thiocarbonyl (C=S) groups is 1. The third-order valence-electron chi connectivity index (χ3n) is 4.07. The Morgan fingerprint density at radius 1 is 0.903 bits per heavy atom. The van der Waals surface area contributed by atoms with Crippen LogP contribution in [0, 0.1) is 0 Å². The third-order valence-corrected chi connectivity index (χ3v) is 4.26. The van der Waals surface area contributed by atoms with E-state index in [1.165, 1.54) is 13.3 Å². The Morgan fingerprint density at radius 2 is 1.58 bits per heavy atom. The van der Waals surface area contributed by atoms with Crippen LogP contribution in [0.1, 0.15) is 5.56 Å². The maximum Gasteiger partial charge on any atom is 0.191 e. The lowest BCUT2D eigenvalue weighted by molar-refractivity contribution is 0.373. The molecule has 0 aliphatic rings. The maximum absolute atomic E-state index is 10.4. The normalized spacial score (nSPS) is 10.9. The number of nitrogens with zero attached hydrogens (tertiary/aromatic N) is 3. The zero-order valence-corrected chi connectivity index (χ0v) is 17.8. The highest BCUT2D eigenvalue weighted by molar-refractivity contribution is 7.80. The molecular weight excluding hydrogens is 414 g/mol. The molecule has 0 radical (unpaired) electrons. The lowest BCUT2D eigenvalue weighted by Gasteiger charge is -2.11. The van der Waals surface area contributed by atoms with Gasteiger partial charge >= 0.3 is 0 Å². The number of benzene rings is 3. The van der Waals surface area contributed by atoms with Crippen molar-refractivity contribution in [1.29, 1.82) is 0 Å². The van der Waals surface area contributed by atoms with Crippen molar-refractivity contribution >= 4 is 40.6 Å². The molecule has 0 saturated carbocycles. The monoisotopic (exact) mass is 435 g/mol. The summed E-state index contributed by atoms with van der Waals surface area (Å²) in [6.45, 7) is 0. The molecule has 0 saturated heterocycles. The highest BCUT2D eigenvalue weighted by atomic mass is 32.1. The lowest BCUT2D eigenvalue weighted by Crippen LogP contribution is -2.24. The third kappa shape index (κ3) is 6.00. The van der Waals surface area contributed by atoms with E-state index in [9.17, 15) is 5.11 Å². The number of hydrazone groups is 1. The molecule has 31 heavy (non-hydrogen) atoms. The Balaban J connectivity index is 1.73. The van der Waals surface area contributed by atoms with E-state index in [4.69, 9.17) is 21.7 Å². The number of phenols is 1. The average molecular weight is 436 g/mol. The van der Waals surface area contributed by atoms with Gasteiger partial charge < -0.3 is 19.9 Å². The minimum Gasteiger partial charge on any atom is -0.504 e. The van der Waals surface area contributed by atoms with Crippen molar-refractivity contribution < 1.29 is 14.6 Å². The van der Waals surface area contributed by atoms with Crippen LogP contribution in [0.2, 0.25) is 0 Å². The zero-order chi connectivity index (χ0) is 22.1. The van der Waals surface area contributed by atoms with E-state index in [0.29, 0.717) is 28.4 Å². The van der Waals surface area contributed by atoms with Gasteiger partial charge in [0.05, 0.1) is 37.5 Å². The highest BCUT2D eigenvalue weighted by Gasteiger charge is 2.10. The molecule has 3 aromatic rings. The second-order valence-electron chi connectivity index (χ2n) is 6.15. The summed E-state index contributed by atoms with van der Waals surface area (Å²) in [7, 11) is 3.03. The van der Waals surface area contributed by atoms with E-state index in [1.54, 1.807) is 19.2 Å². The van der Waals surface area contributed by atoms with Gasteiger partial charge in [-0.2, -0.15) is 15.3 Å². The number of hydrogen-bond acceptors (Lipinski definition) is 7. The SMILES string of the molecule is COc1ccccc1NC(=S)N/N=C/c1cc(N=Nc2ccccc2)cc(OC)c1O. The summed E-state index contributed by atoms with van der Waals surface area (Å²) in [5, 5.41) is 26.1. The quantitative estimate of drug-likeness (QED) is 0.206. The molecule has 0 unspecified atom stereocenters. The number of nitrogens with one attached hydrogen (secondary N) is 2. The number of para-hydroxylation sites is 2. The molecule has 0 aromatic heterocycles. The van der Waals surface area contributed by atoms with Crippen LogP contribution in [0.25, 0.3) is 0 Å². The molecule has 3 aromatic carbocycles. The van der Waals surface area contributed by atoms with Gasteiger partial charge in [-0.1, -0.05) is 30.3 Å². The number of ether oxygens (including phenoxy) is 2. The number of hydrogen-bond donors (Lipinski definition) is 3. The standard InChI is InChI=1S/C22H21N5O3S/c1-29-19-11-7-6-10-18(19)24-22(31)27-23-14-15-12-17(13-20(30-2)21(15)28)26-25-16-8-4-3-5-9-16/h3-14,28H,1-2H3,(H2,24,27,31)/b23-14+,26-25?. The van der Waals surface area contributed by atoms with E-state index >= 15 is 0 Å². The zero-order valence-electron chi connectivity index (χ0n) is 16.9. The maximum atomic E-state index is 10.4. The Bertz CT molecular complexity index is 1100. The van der Waals surface area contributed by atoms with Crippen molar-refractivity contribution in [3.63, 3.8) is 0 Å². The molecule has 0 heterocycles. The summed E-state index contributed by atoms with van der Waals surface area (Å²) in [6.07, 6.45) is 1.41. The topological polar surface area (TPSA) is 99.8 Å². The van der Waals surface area contributed by atoms with Gasteiger partial charge in [0.25, 0.3) is 0 Å². The molecule has 0 aliphatic heterocycles. The van der Waals surface area contributed by atoms with Crippen LogP contribution in [0.3, 0.4) is 0 Å².